The van der Waals surface area contributed by atoms with Gasteiger partial charge in [-0.05, 0) is 24.1 Å². The van der Waals surface area contributed by atoms with Crippen molar-refractivity contribution in [3.8, 4) is 5.75 Å². The van der Waals surface area contributed by atoms with E-state index in [-0.39, 0.29) is 11.7 Å². The smallest absolute Gasteiger partial charge is 0.306 e. The molecule has 0 fully saturated rings. The Morgan fingerprint density at radius 2 is 1.87 bits per heavy atom. The largest absolute Gasteiger partial charge is 0.383 e. The molecule has 1 aromatic rings. The molecule has 0 heterocycles. The highest BCUT2D eigenvalue weighted by Crippen LogP contribution is 2.16. The zero-order valence-electron chi connectivity index (χ0n) is 13.9. The molecule has 7 heteroatoms. The van der Waals surface area contributed by atoms with E-state index < -0.39 is 10.1 Å². The highest BCUT2D eigenvalue weighted by atomic mass is 32.2. The first-order valence-corrected chi connectivity index (χ1v) is 9.42. The predicted octanol–water partition coefficient (Wildman–Crippen LogP) is 2.19. The summed E-state index contributed by atoms with van der Waals surface area (Å²) in [6, 6.07) is 6.68. The van der Waals surface area contributed by atoms with Crippen LogP contribution in [-0.4, -0.2) is 45.7 Å². The second-order valence-corrected chi connectivity index (χ2v) is 6.92. The van der Waals surface area contributed by atoms with Gasteiger partial charge in [0.2, 0.25) is 5.91 Å². The highest BCUT2D eigenvalue weighted by molar-refractivity contribution is 7.86. The van der Waals surface area contributed by atoms with Crippen LogP contribution in [0.4, 0.5) is 0 Å². The van der Waals surface area contributed by atoms with E-state index in [1.165, 1.54) is 0 Å². The van der Waals surface area contributed by atoms with Gasteiger partial charge in [0, 0.05) is 26.6 Å². The third-order valence-corrected chi connectivity index (χ3v) is 3.70. The molecule has 23 heavy (non-hydrogen) atoms. The number of amides is 1. The van der Waals surface area contributed by atoms with Crippen LogP contribution in [0, 0.1) is 0 Å². The Bertz CT molecular complexity index is 583. The molecule has 0 radical (unpaired) electrons. The molecule has 0 unspecified atom stereocenters. The Kier molecular flexibility index (Phi) is 8.05. The summed E-state index contributed by atoms with van der Waals surface area (Å²) >= 11 is 0. The standard InChI is InChI=1S/C16H25NO5S/c1-4-5-6-16(18)17(11-12-21-2)13-14-7-9-15(10-8-14)22-23(3,19)20/h7-10H,4-6,11-13H2,1-3H3. The number of carbonyl (C=O) groups is 1. The maximum Gasteiger partial charge on any atom is 0.306 e. The van der Waals surface area contributed by atoms with Gasteiger partial charge in [0.25, 0.3) is 0 Å². The van der Waals surface area contributed by atoms with Crippen molar-refractivity contribution in [2.24, 2.45) is 0 Å². The Balaban J connectivity index is 2.72. The normalized spacial score (nSPS) is 11.3. The molecule has 0 saturated heterocycles. The van der Waals surface area contributed by atoms with E-state index in [4.69, 9.17) is 8.92 Å². The first-order chi connectivity index (χ1) is 10.9. The zero-order valence-corrected chi connectivity index (χ0v) is 14.8. The summed E-state index contributed by atoms with van der Waals surface area (Å²) in [5, 5.41) is 0. The number of nitrogens with zero attached hydrogens (tertiary/aromatic N) is 1. The molecule has 0 aliphatic heterocycles. The summed E-state index contributed by atoms with van der Waals surface area (Å²) in [5.41, 5.74) is 0.909. The molecule has 0 spiro atoms. The lowest BCUT2D eigenvalue weighted by molar-refractivity contribution is -0.132. The van der Waals surface area contributed by atoms with Gasteiger partial charge >= 0.3 is 10.1 Å². The van der Waals surface area contributed by atoms with Gasteiger partial charge in [-0.2, -0.15) is 8.42 Å². The number of benzene rings is 1. The van der Waals surface area contributed by atoms with Crippen LogP contribution < -0.4 is 4.18 Å². The van der Waals surface area contributed by atoms with Crippen LogP contribution in [-0.2, 0) is 26.2 Å². The van der Waals surface area contributed by atoms with Gasteiger partial charge < -0.3 is 13.8 Å². The van der Waals surface area contributed by atoms with Crippen LogP contribution in [0.2, 0.25) is 0 Å². The number of ether oxygens (including phenoxy) is 1. The van der Waals surface area contributed by atoms with E-state index in [0.29, 0.717) is 26.1 Å². The summed E-state index contributed by atoms with van der Waals surface area (Å²) < 4.78 is 32.0. The van der Waals surface area contributed by atoms with Crippen molar-refractivity contribution in [2.75, 3.05) is 26.5 Å². The van der Waals surface area contributed by atoms with Crippen LogP contribution in [0.1, 0.15) is 31.7 Å². The van der Waals surface area contributed by atoms with Crippen molar-refractivity contribution < 1.29 is 22.1 Å². The lowest BCUT2D eigenvalue weighted by Gasteiger charge is -2.22. The van der Waals surface area contributed by atoms with Gasteiger partial charge in [-0.15, -0.1) is 0 Å². The minimum Gasteiger partial charge on any atom is -0.383 e. The zero-order chi connectivity index (χ0) is 17.3. The molecule has 0 saturated carbocycles. The van der Waals surface area contributed by atoms with E-state index in [1.807, 2.05) is 6.92 Å². The third-order valence-electron chi connectivity index (χ3n) is 3.21. The molecular formula is C16H25NO5S. The summed E-state index contributed by atoms with van der Waals surface area (Å²) in [6.45, 7) is 3.52. The molecule has 0 atom stereocenters. The third kappa shape index (κ3) is 7.99. The topological polar surface area (TPSA) is 72.9 Å². The Morgan fingerprint density at radius 3 is 2.39 bits per heavy atom. The lowest BCUT2D eigenvalue weighted by atomic mass is 10.2. The second-order valence-electron chi connectivity index (χ2n) is 5.34. The number of unbranched alkanes of at least 4 members (excludes halogenated alkanes) is 1. The van der Waals surface area contributed by atoms with E-state index in [9.17, 15) is 13.2 Å². The maximum atomic E-state index is 12.2. The van der Waals surface area contributed by atoms with E-state index >= 15 is 0 Å². The maximum absolute atomic E-state index is 12.2. The molecule has 0 N–H and O–H groups in total. The number of rotatable bonds is 10. The van der Waals surface area contributed by atoms with E-state index in [1.54, 1.807) is 36.3 Å². The fourth-order valence-electron chi connectivity index (χ4n) is 2.03. The van der Waals surface area contributed by atoms with Crippen LogP contribution in [0.15, 0.2) is 24.3 Å². The SMILES string of the molecule is CCCCC(=O)N(CCOC)Cc1ccc(OS(C)(=O)=O)cc1. The van der Waals surface area contributed by atoms with Crippen molar-refractivity contribution >= 4 is 16.0 Å². The number of hydrogen-bond donors (Lipinski definition) is 0. The van der Waals surface area contributed by atoms with Gasteiger partial charge in [-0.25, -0.2) is 0 Å². The molecule has 130 valence electrons. The van der Waals surface area contributed by atoms with Gasteiger partial charge in [0.15, 0.2) is 0 Å². The summed E-state index contributed by atoms with van der Waals surface area (Å²) in [5.74, 6) is 0.359. The minimum absolute atomic E-state index is 0.0976. The highest BCUT2D eigenvalue weighted by Gasteiger charge is 2.13. The number of carbonyl (C=O) groups excluding carboxylic acids is 1. The van der Waals surface area contributed by atoms with Crippen LogP contribution >= 0.6 is 0 Å². The summed E-state index contributed by atoms with van der Waals surface area (Å²) in [4.78, 5) is 14.0. The van der Waals surface area contributed by atoms with Crippen molar-refractivity contribution in [1.82, 2.24) is 4.90 Å². The van der Waals surface area contributed by atoms with Crippen LogP contribution in [0.5, 0.6) is 5.75 Å². The molecule has 0 aromatic heterocycles. The number of methoxy groups -OCH3 is 1. The minimum atomic E-state index is -3.53. The van der Waals surface area contributed by atoms with Crippen molar-refractivity contribution in [3.05, 3.63) is 29.8 Å². The number of hydrogen-bond acceptors (Lipinski definition) is 5. The van der Waals surface area contributed by atoms with Gasteiger partial charge in [-0.3, -0.25) is 4.79 Å². The summed E-state index contributed by atoms with van der Waals surface area (Å²) in [7, 11) is -1.93. The molecule has 0 aliphatic rings. The molecule has 1 aromatic carbocycles. The van der Waals surface area contributed by atoms with Crippen LogP contribution in [0.3, 0.4) is 0 Å². The summed E-state index contributed by atoms with van der Waals surface area (Å²) in [6.07, 6.45) is 3.36. The van der Waals surface area contributed by atoms with E-state index in [2.05, 4.69) is 0 Å². The Morgan fingerprint density at radius 1 is 1.22 bits per heavy atom. The molecule has 1 amide bonds. The fourth-order valence-corrected chi connectivity index (χ4v) is 2.49. The first kappa shape index (κ1) is 19.4. The lowest BCUT2D eigenvalue weighted by Crippen LogP contribution is -2.33. The average Bonchev–Trinajstić information content (AvgIpc) is 2.49. The molecule has 1 rings (SSSR count). The van der Waals surface area contributed by atoms with Gasteiger partial charge in [-0.1, -0.05) is 25.5 Å². The van der Waals surface area contributed by atoms with Crippen molar-refractivity contribution in [2.45, 2.75) is 32.7 Å². The molecule has 6 nitrogen and oxygen atoms in total. The Hall–Kier alpha value is -1.60. The second kappa shape index (κ2) is 9.52. The van der Waals surface area contributed by atoms with Crippen molar-refractivity contribution in [3.63, 3.8) is 0 Å². The molecule has 0 bridgehead atoms. The van der Waals surface area contributed by atoms with Crippen LogP contribution in [0.25, 0.3) is 0 Å². The first-order valence-electron chi connectivity index (χ1n) is 7.61. The van der Waals surface area contributed by atoms with Gasteiger partial charge in [0.1, 0.15) is 5.75 Å². The quantitative estimate of drug-likeness (QED) is 0.609. The molecular weight excluding hydrogens is 318 g/mol. The molecule has 0 aliphatic carbocycles. The predicted molar refractivity (Wildman–Crippen MR) is 88.7 cm³/mol. The monoisotopic (exact) mass is 343 g/mol. The van der Waals surface area contributed by atoms with E-state index in [0.717, 1.165) is 24.7 Å². The Labute approximate surface area is 138 Å². The van der Waals surface area contributed by atoms with Crippen molar-refractivity contribution in [1.29, 1.82) is 0 Å². The fraction of sp³-hybridized carbons (Fsp3) is 0.562. The van der Waals surface area contributed by atoms with Gasteiger partial charge in [0.05, 0.1) is 12.9 Å². The average molecular weight is 343 g/mol.